The first-order chi connectivity index (χ1) is 16.0. The summed E-state index contributed by atoms with van der Waals surface area (Å²) in [5.41, 5.74) is 2.33. The number of fused-ring (bicyclic) bond motifs is 1. The number of hydrogen-bond acceptors (Lipinski definition) is 4. The number of carbonyl (C=O) groups excluding carboxylic acids is 2. The molecule has 0 unspecified atom stereocenters. The Bertz CT molecular complexity index is 1230. The van der Waals surface area contributed by atoms with Gasteiger partial charge in [0.25, 0.3) is 11.8 Å². The second-order valence-corrected chi connectivity index (χ2v) is 8.56. The number of amides is 2. The van der Waals surface area contributed by atoms with E-state index in [1.54, 1.807) is 6.08 Å². The van der Waals surface area contributed by atoms with E-state index in [1.807, 2.05) is 66.7 Å². The molecule has 5 nitrogen and oxygen atoms in total. The first kappa shape index (κ1) is 23.2. The van der Waals surface area contributed by atoms with E-state index in [4.69, 9.17) is 35.4 Å². The minimum atomic E-state index is -0.517. The summed E-state index contributed by atoms with van der Waals surface area (Å²) in [4.78, 5) is 29.5. The molecule has 2 amide bonds. The molecule has 3 aromatic rings. The Hall–Kier alpha value is -2.93. The molecule has 0 aromatic heterocycles. The van der Waals surface area contributed by atoms with Gasteiger partial charge in [0.1, 0.15) is 5.57 Å². The highest BCUT2D eigenvalue weighted by Crippen LogP contribution is 2.30. The van der Waals surface area contributed by atoms with E-state index in [2.05, 4.69) is 10.2 Å². The van der Waals surface area contributed by atoms with Crippen molar-refractivity contribution in [2.24, 2.45) is 0 Å². The van der Waals surface area contributed by atoms with Crippen LogP contribution >= 0.6 is 35.4 Å². The van der Waals surface area contributed by atoms with Gasteiger partial charge in [0.2, 0.25) is 0 Å². The quantitative estimate of drug-likeness (QED) is 0.217. The van der Waals surface area contributed by atoms with Crippen LogP contribution in [-0.2, 0) is 9.59 Å². The minimum Gasteiger partial charge on any atom is -0.369 e. The van der Waals surface area contributed by atoms with Gasteiger partial charge in [0.15, 0.2) is 5.11 Å². The molecule has 1 saturated heterocycles. The van der Waals surface area contributed by atoms with Crippen LogP contribution in [0.1, 0.15) is 5.56 Å². The van der Waals surface area contributed by atoms with Crippen LogP contribution in [0.15, 0.2) is 72.3 Å². The fourth-order valence-corrected chi connectivity index (χ4v) is 4.48. The SMILES string of the molecule is O=C1NC(=S)N(c2cccc3ccccc23)C(=O)/C1=C\c1ccc(N(CCCl)CCCl)cc1. The van der Waals surface area contributed by atoms with Crippen molar-refractivity contribution in [1.82, 2.24) is 5.32 Å². The van der Waals surface area contributed by atoms with E-state index in [9.17, 15) is 9.59 Å². The van der Waals surface area contributed by atoms with E-state index in [0.717, 1.165) is 22.0 Å². The van der Waals surface area contributed by atoms with Crippen LogP contribution in [0.25, 0.3) is 16.8 Å². The zero-order valence-corrected chi connectivity index (χ0v) is 20.0. The fraction of sp³-hybridized carbons (Fsp3) is 0.160. The van der Waals surface area contributed by atoms with E-state index in [1.165, 1.54) is 4.90 Å². The highest BCUT2D eigenvalue weighted by atomic mass is 35.5. The van der Waals surface area contributed by atoms with Crippen LogP contribution in [-0.4, -0.2) is 41.8 Å². The summed E-state index contributed by atoms with van der Waals surface area (Å²) in [6.45, 7) is 1.35. The Labute approximate surface area is 207 Å². The zero-order chi connectivity index (χ0) is 23.4. The van der Waals surface area contributed by atoms with E-state index in [-0.39, 0.29) is 10.7 Å². The number of anilines is 2. The van der Waals surface area contributed by atoms with Crippen molar-refractivity contribution < 1.29 is 9.59 Å². The molecule has 33 heavy (non-hydrogen) atoms. The van der Waals surface area contributed by atoms with Gasteiger partial charge in [-0.3, -0.25) is 19.8 Å². The lowest BCUT2D eigenvalue weighted by atomic mass is 10.0. The van der Waals surface area contributed by atoms with Gasteiger partial charge >= 0.3 is 0 Å². The Kier molecular flexibility index (Phi) is 7.28. The standard InChI is InChI=1S/C25H21Cl2N3O2S/c26-12-14-29(15-13-27)19-10-8-17(9-11-19)16-21-23(31)28-25(33)30(24(21)32)22-7-3-5-18-4-1-2-6-20(18)22/h1-11,16H,12-15H2,(H,28,31,33)/b21-16-. The van der Waals surface area contributed by atoms with Gasteiger partial charge in [0, 0.05) is 35.9 Å². The molecule has 0 aliphatic carbocycles. The van der Waals surface area contributed by atoms with Gasteiger partial charge in [-0.25, -0.2) is 0 Å². The Balaban J connectivity index is 1.67. The third kappa shape index (κ3) is 4.88. The monoisotopic (exact) mass is 497 g/mol. The number of benzene rings is 3. The molecule has 4 rings (SSSR count). The van der Waals surface area contributed by atoms with Gasteiger partial charge in [-0.1, -0.05) is 48.5 Å². The van der Waals surface area contributed by atoms with Gasteiger partial charge in [0.05, 0.1) is 5.69 Å². The number of nitrogens with one attached hydrogen (secondary N) is 1. The number of rotatable bonds is 7. The van der Waals surface area contributed by atoms with Gasteiger partial charge in [-0.05, 0) is 47.4 Å². The molecular formula is C25H21Cl2N3O2S. The molecule has 1 aliphatic rings. The molecule has 1 fully saturated rings. The second kappa shape index (κ2) is 10.3. The average Bonchev–Trinajstić information content (AvgIpc) is 2.82. The summed E-state index contributed by atoms with van der Waals surface area (Å²) in [5, 5.41) is 4.55. The Morgan fingerprint density at radius 2 is 1.58 bits per heavy atom. The van der Waals surface area contributed by atoms with Crippen LogP contribution < -0.4 is 15.1 Å². The summed E-state index contributed by atoms with van der Waals surface area (Å²) >= 11 is 17.1. The highest BCUT2D eigenvalue weighted by molar-refractivity contribution is 7.80. The molecule has 8 heteroatoms. The zero-order valence-electron chi connectivity index (χ0n) is 17.6. The van der Waals surface area contributed by atoms with Gasteiger partial charge < -0.3 is 4.90 Å². The smallest absolute Gasteiger partial charge is 0.270 e. The summed E-state index contributed by atoms with van der Waals surface area (Å²) in [5.74, 6) is -0.00528. The van der Waals surface area contributed by atoms with Crippen molar-refractivity contribution in [3.05, 3.63) is 77.9 Å². The number of carbonyl (C=O) groups is 2. The third-order valence-corrected chi connectivity index (χ3v) is 6.01. The maximum absolute atomic E-state index is 13.4. The minimum absolute atomic E-state index is 0.0163. The number of alkyl halides is 2. The van der Waals surface area contributed by atoms with Crippen molar-refractivity contribution in [3.63, 3.8) is 0 Å². The first-order valence-corrected chi connectivity index (χ1v) is 11.9. The average molecular weight is 498 g/mol. The lowest BCUT2D eigenvalue weighted by molar-refractivity contribution is -0.122. The number of nitrogens with zero attached hydrogens (tertiary/aromatic N) is 2. The van der Waals surface area contributed by atoms with Crippen molar-refractivity contribution >= 4 is 80.6 Å². The molecule has 0 saturated carbocycles. The molecule has 168 valence electrons. The number of thiocarbonyl (C=S) groups is 1. The first-order valence-electron chi connectivity index (χ1n) is 10.4. The molecule has 0 radical (unpaired) electrons. The third-order valence-electron chi connectivity index (χ3n) is 5.39. The predicted octanol–water partition coefficient (Wildman–Crippen LogP) is 4.96. The topological polar surface area (TPSA) is 52.7 Å². The lowest BCUT2D eigenvalue weighted by Gasteiger charge is -2.29. The molecule has 1 aliphatic heterocycles. The second-order valence-electron chi connectivity index (χ2n) is 7.41. The predicted molar refractivity (Wildman–Crippen MR) is 140 cm³/mol. The van der Waals surface area contributed by atoms with Crippen molar-refractivity contribution in [2.75, 3.05) is 34.6 Å². The van der Waals surface area contributed by atoms with Crippen LogP contribution in [0.5, 0.6) is 0 Å². The maximum atomic E-state index is 13.4. The van der Waals surface area contributed by atoms with Crippen molar-refractivity contribution in [3.8, 4) is 0 Å². The summed E-state index contributed by atoms with van der Waals surface area (Å²) in [7, 11) is 0. The fourth-order valence-electron chi connectivity index (χ4n) is 3.80. The van der Waals surface area contributed by atoms with Crippen LogP contribution in [0.4, 0.5) is 11.4 Å². The molecule has 0 bridgehead atoms. The normalized spacial score (nSPS) is 15.3. The summed E-state index contributed by atoms with van der Waals surface area (Å²) in [6.07, 6.45) is 1.58. The molecule has 0 atom stereocenters. The largest absolute Gasteiger partial charge is 0.369 e. The van der Waals surface area contributed by atoms with Crippen LogP contribution in [0, 0.1) is 0 Å². The lowest BCUT2D eigenvalue weighted by Crippen LogP contribution is -2.54. The van der Waals surface area contributed by atoms with E-state index >= 15 is 0 Å². The number of hydrogen-bond donors (Lipinski definition) is 1. The summed E-state index contributed by atoms with van der Waals surface area (Å²) in [6, 6.07) is 20.9. The van der Waals surface area contributed by atoms with Crippen LogP contribution in [0.2, 0.25) is 0 Å². The Morgan fingerprint density at radius 3 is 2.27 bits per heavy atom. The molecule has 3 aromatic carbocycles. The van der Waals surface area contributed by atoms with E-state index < -0.39 is 11.8 Å². The van der Waals surface area contributed by atoms with Gasteiger partial charge in [-0.2, -0.15) is 0 Å². The van der Waals surface area contributed by atoms with Crippen LogP contribution in [0.3, 0.4) is 0 Å². The highest BCUT2D eigenvalue weighted by Gasteiger charge is 2.35. The summed E-state index contributed by atoms with van der Waals surface area (Å²) < 4.78 is 0. The van der Waals surface area contributed by atoms with Crippen molar-refractivity contribution in [2.45, 2.75) is 0 Å². The number of halogens is 2. The van der Waals surface area contributed by atoms with Gasteiger partial charge in [-0.15, -0.1) is 23.2 Å². The molecule has 0 spiro atoms. The maximum Gasteiger partial charge on any atom is 0.270 e. The Morgan fingerprint density at radius 1 is 0.909 bits per heavy atom. The molecular weight excluding hydrogens is 477 g/mol. The molecule has 1 heterocycles. The van der Waals surface area contributed by atoms with Crippen molar-refractivity contribution in [1.29, 1.82) is 0 Å². The van der Waals surface area contributed by atoms with E-state index in [0.29, 0.717) is 30.5 Å². The molecule has 1 N–H and O–H groups in total.